The predicted molar refractivity (Wildman–Crippen MR) is 89.1 cm³/mol. The molecule has 0 aliphatic rings. The molecule has 0 saturated heterocycles. The summed E-state index contributed by atoms with van der Waals surface area (Å²) >= 11 is 12.4. The molecular formula is C18H14Cl2O. The Bertz CT molecular complexity index is 783. The van der Waals surface area contributed by atoms with Gasteiger partial charge in [0, 0.05) is 21.9 Å². The van der Waals surface area contributed by atoms with Crippen LogP contribution in [0.3, 0.4) is 0 Å². The number of fused-ring (bicyclic) bond motifs is 1. The monoisotopic (exact) mass is 316 g/mol. The lowest BCUT2D eigenvalue weighted by molar-refractivity contribution is 0.180. The van der Waals surface area contributed by atoms with Gasteiger partial charge < -0.3 is 5.11 Å². The Balaban J connectivity index is 2.01. The van der Waals surface area contributed by atoms with Crippen molar-refractivity contribution in [3.05, 3.63) is 81.8 Å². The molecule has 3 aromatic rings. The van der Waals surface area contributed by atoms with E-state index in [4.69, 9.17) is 23.2 Å². The van der Waals surface area contributed by atoms with Crippen LogP contribution < -0.4 is 0 Å². The summed E-state index contributed by atoms with van der Waals surface area (Å²) in [6.07, 6.45) is -0.141. The van der Waals surface area contributed by atoms with Crippen LogP contribution in [0.1, 0.15) is 17.2 Å². The van der Waals surface area contributed by atoms with Gasteiger partial charge in [-0.1, -0.05) is 71.7 Å². The lowest BCUT2D eigenvalue weighted by Crippen LogP contribution is -2.03. The lowest BCUT2D eigenvalue weighted by atomic mass is 9.96. The first-order valence-electron chi connectivity index (χ1n) is 6.75. The number of hydrogen-bond donors (Lipinski definition) is 1. The van der Waals surface area contributed by atoms with E-state index >= 15 is 0 Å². The summed E-state index contributed by atoms with van der Waals surface area (Å²) in [7, 11) is 0. The highest BCUT2D eigenvalue weighted by Crippen LogP contribution is 2.32. The second-order valence-corrected chi connectivity index (χ2v) is 5.81. The molecule has 3 aromatic carbocycles. The van der Waals surface area contributed by atoms with E-state index in [2.05, 4.69) is 0 Å². The minimum absolute atomic E-state index is 0.477. The summed E-state index contributed by atoms with van der Waals surface area (Å²) in [6.45, 7) is 0. The number of rotatable bonds is 3. The molecule has 3 rings (SSSR count). The zero-order chi connectivity index (χ0) is 14.8. The van der Waals surface area contributed by atoms with Gasteiger partial charge in [-0.3, -0.25) is 0 Å². The Morgan fingerprint density at radius 3 is 2.19 bits per heavy atom. The van der Waals surface area contributed by atoms with Crippen LogP contribution in [0.25, 0.3) is 10.8 Å². The molecule has 0 saturated carbocycles. The second-order valence-electron chi connectivity index (χ2n) is 4.99. The number of aliphatic hydroxyl groups is 1. The fraction of sp³-hybridized carbons (Fsp3) is 0.111. The van der Waals surface area contributed by atoms with Crippen LogP contribution in [0.5, 0.6) is 0 Å². The van der Waals surface area contributed by atoms with E-state index in [-0.39, 0.29) is 0 Å². The smallest absolute Gasteiger partial charge is 0.0836 e. The van der Waals surface area contributed by atoms with Crippen molar-refractivity contribution < 1.29 is 5.11 Å². The van der Waals surface area contributed by atoms with Gasteiger partial charge in [-0.25, -0.2) is 0 Å². The van der Waals surface area contributed by atoms with Crippen LogP contribution in [-0.2, 0) is 6.42 Å². The van der Waals surface area contributed by atoms with Gasteiger partial charge in [-0.2, -0.15) is 0 Å². The largest absolute Gasteiger partial charge is 0.388 e. The van der Waals surface area contributed by atoms with Crippen molar-refractivity contribution in [1.29, 1.82) is 0 Å². The van der Waals surface area contributed by atoms with Gasteiger partial charge >= 0.3 is 0 Å². The number of hydrogen-bond acceptors (Lipinski definition) is 1. The van der Waals surface area contributed by atoms with Crippen LogP contribution >= 0.6 is 23.2 Å². The SMILES string of the molecule is OC(Cc1ccccc1Cl)c1ccc(Cl)c2ccccc12. The first kappa shape index (κ1) is 14.4. The topological polar surface area (TPSA) is 20.2 Å². The van der Waals surface area contributed by atoms with Crippen LogP contribution in [0.2, 0.25) is 10.0 Å². The van der Waals surface area contributed by atoms with Gasteiger partial charge in [-0.05, 0) is 28.6 Å². The molecule has 0 aromatic heterocycles. The summed E-state index contributed by atoms with van der Waals surface area (Å²) in [5.74, 6) is 0. The van der Waals surface area contributed by atoms with Crippen LogP contribution in [-0.4, -0.2) is 5.11 Å². The van der Waals surface area contributed by atoms with Gasteiger partial charge in [0.2, 0.25) is 0 Å². The third-order valence-electron chi connectivity index (χ3n) is 3.63. The molecule has 0 radical (unpaired) electrons. The average Bonchev–Trinajstić information content (AvgIpc) is 2.50. The highest BCUT2D eigenvalue weighted by Gasteiger charge is 2.14. The third kappa shape index (κ3) is 2.91. The average molecular weight is 317 g/mol. The molecule has 1 N–H and O–H groups in total. The molecule has 0 bridgehead atoms. The molecule has 1 unspecified atom stereocenters. The molecule has 0 aliphatic carbocycles. The van der Waals surface area contributed by atoms with Gasteiger partial charge in [0.05, 0.1) is 6.10 Å². The van der Waals surface area contributed by atoms with E-state index < -0.39 is 6.10 Å². The van der Waals surface area contributed by atoms with E-state index in [1.807, 2.05) is 60.7 Å². The molecule has 1 atom stereocenters. The van der Waals surface area contributed by atoms with Gasteiger partial charge in [0.15, 0.2) is 0 Å². The minimum atomic E-state index is -0.618. The first-order valence-corrected chi connectivity index (χ1v) is 7.51. The summed E-state index contributed by atoms with van der Waals surface area (Å²) in [5.41, 5.74) is 1.81. The normalized spacial score (nSPS) is 12.5. The van der Waals surface area contributed by atoms with Crippen LogP contribution in [0.4, 0.5) is 0 Å². The maximum atomic E-state index is 10.6. The minimum Gasteiger partial charge on any atom is -0.388 e. The maximum absolute atomic E-state index is 10.6. The maximum Gasteiger partial charge on any atom is 0.0836 e. The Morgan fingerprint density at radius 2 is 1.43 bits per heavy atom. The fourth-order valence-corrected chi connectivity index (χ4v) is 3.00. The van der Waals surface area contributed by atoms with E-state index in [1.165, 1.54) is 0 Å². The summed E-state index contributed by atoms with van der Waals surface area (Å²) in [6, 6.07) is 19.1. The van der Waals surface area contributed by atoms with Crippen molar-refractivity contribution >= 4 is 34.0 Å². The fourth-order valence-electron chi connectivity index (χ4n) is 2.56. The highest BCUT2D eigenvalue weighted by atomic mass is 35.5. The van der Waals surface area contributed by atoms with Gasteiger partial charge in [-0.15, -0.1) is 0 Å². The quantitative estimate of drug-likeness (QED) is 0.683. The predicted octanol–water partition coefficient (Wildman–Crippen LogP) is 5.42. The molecule has 0 aliphatic heterocycles. The Morgan fingerprint density at radius 1 is 0.762 bits per heavy atom. The lowest BCUT2D eigenvalue weighted by Gasteiger charge is -2.15. The standard InChI is InChI=1S/C18H14Cl2O/c19-16-8-4-1-5-12(16)11-18(21)15-9-10-17(20)14-7-3-2-6-13(14)15/h1-10,18,21H,11H2. The van der Waals surface area contributed by atoms with Crippen molar-refractivity contribution in [3.8, 4) is 0 Å². The molecular weight excluding hydrogens is 303 g/mol. The summed E-state index contributed by atoms with van der Waals surface area (Å²) < 4.78 is 0. The Kier molecular flexibility index (Phi) is 4.16. The van der Waals surface area contributed by atoms with Crippen LogP contribution in [0, 0.1) is 0 Å². The van der Waals surface area contributed by atoms with E-state index in [9.17, 15) is 5.11 Å². The molecule has 0 spiro atoms. The summed E-state index contributed by atoms with van der Waals surface area (Å²) in [4.78, 5) is 0. The van der Waals surface area contributed by atoms with Crippen LogP contribution in [0.15, 0.2) is 60.7 Å². The Hall–Kier alpha value is -1.54. The first-order chi connectivity index (χ1) is 10.2. The zero-order valence-corrected chi connectivity index (χ0v) is 12.8. The highest BCUT2D eigenvalue weighted by molar-refractivity contribution is 6.35. The number of benzene rings is 3. The van der Waals surface area contributed by atoms with Crippen molar-refractivity contribution in [2.24, 2.45) is 0 Å². The zero-order valence-electron chi connectivity index (χ0n) is 11.3. The van der Waals surface area contributed by atoms with Crippen molar-refractivity contribution in [1.82, 2.24) is 0 Å². The third-order valence-corrected chi connectivity index (χ3v) is 4.33. The number of aliphatic hydroxyl groups excluding tert-OH is 1. The second kappa shape index (κ2) is 6.07. The van der Waals surface area contributed by atoms with E-state index in [1.54, 1.807) is 0 Å². The Labute approximate surface area is 133 Å². The molecule has 0 fully saturated rings. The molecule has 0 amide bonds. The summed E-state index contributed by atoms with van der Waals surface area (Å²) in [5, 5.41) is 13.9. The molecule has 21 heavy (non-hydrogen) atoms. The molecule has 106 valence electrons. The molecule has 3 heteroatoms. The van der Waals surface area contributed by atoms with Gasteiger partial charge in [0.1, 0.15) is 0 Å². The molecule has 1 nitrogen and oxygen atoms in total. The number of halogens is 2. The van der Waals surface area contributed by atoms with E-state index in [0.29, 0.717) is 16.5 Å². The molecule has 0 heterocycles. The van der Waals surface area contributed by atoms with E-state index in [0.717, 1.165) is 21.9 Å². The van der Waals surface area contributed by atoms with Crippen molar-refractivity contribution in [2.75, 3.05) is 0 Å². The van der Waals surface area contributed by atoms with Crippen molar-refractivity contribution in [3.63, 3.8) is 0 Å². The van der Waals surface area contributed by atoms with Crippen molar-refractivity contribution in [2.45, 2.75) is 12.5 Å². The van der Waals surface area contributed by atoms with Gasteiger partial charge in [0.25, 0.3) is 0 Å².